The van der Waals surface area contributed by atoms with Crippen LogP contribution in [-0.4, -0.2) is 43.5 Å². The molecule has 0 saturated carbocycles. The van der Waals surface area contributed by atoms with Gasteiger partial charge < -0.3 is 17.7 Å². The second-order valence-corrected chi connectivity index (χ2v) is 16.1. The first-order chi connectivity index (χ1) is 15.6. The third-order valence-corrected chi connectivity index (χ3v) is 13.8. The van der Waals surface area contributed by atoms with E-state index in [2.05, 4.69) is 41.5 Å². The average molecular weight is 491 g/mol. The van der Waals surface area contributed by atoms with Crippen LogP contribution < -0.4 is 0 Å². The minimum absolute atomic E-state index is 0.865. The lowest BCUT2D eigenvalue weighted by atomic mass is 10.4. The zero-order valence-corrected chi connectivity index (χ0v) is 24.8. The van der Waals surface area contributed by atoms with Gasteiger partial charge in [-0.2, -0.15) is 0 Å². The Bertz CT molecular complexity index is 340. The maximum atomic E-state index is 6.56. The van der Waals surface area contributed by atoms with Gasteiger partial charge in [0.2, 0.25) is 0 Å². The smallest absolute Gasteiger partial charge is 0.338 e. The summed E-state index contributed by atoms with van der Waals surface area (Å²) < 4.78 is 26.2. The predicted octanol–water partition coefficient (Wildman–Crippen LogP) is 8.74. The van der Waals surface area contributed by atoms with Crippen molar-refractivity contribution in [3.63, 3.8) is 0 Å². The van der Waals surface area contributed by atoms with Crippen LogP contribution in [0.5, 0.6) is 0 Å². The van der Waals surface area contributed by atoms with Gasteiger partial charge in [-0.1, -0.05) is 92.9 Å². The first-order valence-electron chi connectivity index (χ1n) is 14.1. The lowest BCUT2D eigenvalue weighted by Gasteiger charge is -2.33. The molecule has 0 atom stereocenters. The Kier molecular flexibility index (Phi) is 22.0. The molecule has 0 amide bonds. The van der Waals surface area contributed by atoms with Crippen LogP contribution in [0.15, 0.2) is 0 Å². The molecule has 4 nitrogen and oxygen atoms in total. The molecule has 0 aliphatic rings. The summed E-state index contributed by atoms with van der Waals surface area (Å²) in [5.41, 5.74) is 0. The number of rotatable bonds is 25. The molecule has 0 aliphatic carbocycles. The summed E-state index contributed by atoms with van der Waals surface area (Å²) >= 11 is 0. The van der Waals surface area contributed by atoms with E-state index in [9.17, 15) is 0 Å². The maximum absolute atomic E-state index is 6.56. The van der Waals surface area contributed by atoms with Gasteiger partial charge in [-0.3, -0.25) is 0 Å². The minimum atomic E-state index is -2.11. The zero-order valence-electron chi connectivity index (χ0n) is 22.8. The van der Waals surface area contributed by atoms with E-state index in [0.29, 0.717) is 0 Å². The van der Waals surface area contributed by atoms with Gasteiger partial charge in [0, 0.05) is 26.4 Å². The first-order valence-corrected chi connectivity index (χ1v) is 18.6. The van der Waals surface area contributed by atoms with E-state index in [4.69, 9.17) is 17.7 Å². The van der Waals surface area contributed by atoms with Crippen molar-refractivity contribution in [2.75, 3.05) is 26.4 Å². The van der Waals surface area contributed by atoms with Crippen LogP contribution in [0.4, 0.5) is 0 Å². The van der Waals surface area contributed by atoms with Crippen LogP contribution in [0.1, 0.15) is 119 Å². The Morgan fingerprint density at radius 1 is 0.344 bits per heavy atom. The Morgan fingerprint density at radius 2 is 0.625 bits per heavy atom. The molecule has 0 aromatic heterocycles. The summed E-state index contributed by atoms with van der Waals surface area (Å²) in [6.07, 6.45) is 13.9. The van der Waals surface area contributed by atoms with Gasteiger partial charge >= 0.3 is 17.1 Å². The Balaban J connectivity index is 5.04. The molecule has 0 spiro atoms. The summed E-state index contributed by atoms with van der Waals surface area (Å²) in [6, 6.07) is 4.49. The van der Waals surface area contributed by atoms with Gasteiger partial charge in [-0.25, -0.2) is 0 Å². The highest BCUT2D eigenvalue weighted by Gasteiger charge is 2.39. The number of hydrogen-bond acceptors (Lipinski definition) is 4. The molecule has 0 aliphatic heterocycles. The maximum Gasteiger partial charge on any atom is 0.338 e. The molecule has 0 fully saturated rings. The quantitative estimate of drug-likeness (QED) is 0.0946. The second-order valence-electron chi connectivity index (χ2n) is 9.34. The molecule has 6 heteroatoms. The standard InChI is InChI=1S/C26H58O4Si2/c1-7-13-19-27-31(23-11-5,28-20-14-8-2)25-17-18-26-32(24-12-6,29-21-15-9-3)30-22-16-10-4/h7-26H2,1-6H3. The molecule has 0 rings (SSSR count). The fourth-order valence-corrected chi connectivity index (χ4v) is 11.1. The number of hydrogen-bond donors (Lipinski definition) is 0. The number of unbranched alkanes of at least 4 members (excludes halogenated alkanes) is 5. The van der Waals surface area contributed by atoms with Crippen molar-refractivity contribution < 1.29 is 17.7 Å². The van der Waals surface area contributed by atoms with Crippen molar-refractivity contribution in [1.82, 2.24) is 0 Å². The highest BCUT2D eigenvalue weighted by molar-refractivity contribution is 6.68. The van der Waals surface area contributed by atoms with Crippen LogP contribution in [0.3, 0.4) is 0 Å². The van der Waals surface area contributed by atoms with Crippen LogP contribution in [0.25, 0.3) is 0 Å². The van der Waals surface area contributed by atoms with Gasteiger partial charge in [0.15, 0.2) is 0 Å². The average Bonchev–Trinajstić information content (AvgIpc) is 2.78. The summed E-state index contributed by atoms with van der Waals surface area (Å²) in [7, 11) is -4.23. The first kappa shape index (κ1) is 32.3. The molecule has 0 heterocycles. The van der Waals surface area contributed by atoms with Gasteiger partial charge in [0.25, 0.3) is 0 Å². The fourth-order valence-electron chi connectivity index (χ4n) is 4.07. The van der Waals surface area contributed by atoms with Gasteiger partial charge in [-0.05, 0) is 49.9 Å². The van der Waals surface area contributed by atoms with E-state index < -0.39 is 17.1 Å². The topological polar surface area (TPSA) is 36.9 Å². The SMILES string of the molecule is CCCCO[Si](CCC)(CCCC[Si](CCC)(OCCCC)OCCCC)OCCCC. The Hall–Kier alpha value is 0.274. The molecule has 0 aromatic rings. The van der Waals surface area contributed by atoms with Crippen molar-refractivity contribution >= 4 is 17.1 Å². The molecular weight excluding hydrogens is 432 g/mol. The lowest BCUT2D eigenvalue weighted by Crippen LogP contribution is -2.44. The zero-order chi connectivity index (χ0) is 24.0. The van der Waals surface area contributed by atoms with Crippen LogP contribution in [0.2, 0.25) is 24.2 Å². The van der Waals surface area contributed by atoms with Gasteiger partial charge in [-0.15, -0.1) is 0 Å². The van der Waals surface area contributed by atoms with Gasteiger partial charge in [0.05, 0.1) is 0 Å². The molecule has 0 N–H and O–H groups in total. The molecule has 194 valence electrons. The third-order valence-electron chi connectivity index (χ3n) is 6.08. The summed E-state index contributed by atoms with van der Waals surface area (Å²) in [5.74, 6) is 0. The van der Waals surface area contributed by atoms with E-state index in [1.54, 1.807) is 0 Å². The van der Waals surface area contributed by atoms with Crippen molar-refractivity contribution in [2.45, 2.75) is 143 Å². The predicted molar refractivity (Wildman–Crippen MR) is 144 cm³/mol. The minimum Gasteiger partial charge on any atom is -0.394 e. The Morgan fingerprint density at radius 3 is 0.844 bits per heavy atom. The van der Waals surface area contributed by atoms with Gasteiger partial charge in [0.1, 0.15) is 0 Å². The molecule has 0 saturated heterocycles. The van der Waals surface area contributed by atoms with E-state index in [1.165, 1.54) is 38.5 Å². The van der Waals surface area contributed by atoms with Crippen molar-refractivity contribution in [3.05, 3.63) is 0 Å². The molecule has 0 radical (unpaired) electrons. The van der Waals surface area contributed by atoms with Crippen LogP contribution in [0, 0.1) is 0 Å². The molecule has 0 aromatic carbocycles. The van der Waals surface area contributed by atoms with E-state index >= 15 is 0 Å². The van der Waals surface area contributed by atoms with Crippen LogP contribution in [-0.2, 0) is 17.7 Å². The largest absolute Gasteiger partial charge is 0.394 e. The summed E-state index contributed by atoms with van der Waals surface area (Å²) in [4.78, 5) is 0. The monoisotopic (exact) mass is 490 g/mol. The fraction of sp³-hybridized carbons (Fsp3) is 1.00. The lowest BCUT2D eigenvalue weighted by molar-refractivity contribution is 0.157. The molecular formula is C26H58O4Si2. The molecule has 32 heavy (non-hydrogen) atoms. The highest BCUT2D eigenvalue weighted by Crippen LogP contribution is 2.29. The van der Waals surface area contributed by atoms with Crippen LogP contribution >= 0.6 is 0 Å². The van der Waals surface area contributed by atoms with Crippen molar-refractivity contribution in [2.24, 2.45) is 0 Å². The normalized spacial score (nSPS) is 12.6. The molecule has 0 unspecified atom stereocenters. The van der Waals surface area contributed by atoms with E-state index in [1.807, 2.05) is 0 Å². The van der Waals surface area contributed by atoms with Crippen molar-refractivity contribution in [1.29, 1.82) is 0 Å². The van der Waals surface area contributed by atoms with E-state index in [-0.39, 0.29) is 0 Å². The molecule has 0 bridgehead atoms. The summed E-state index contributed by atoms with van der Waals surface area (Å²) in [5, 5.41) is 0. The third kappa shape index (κ3) is 15.2. The second kappa shape index (κ2) is 21.8. The van der Waals surface area contributed by atoms with E-state index in [0.717, 1.165) is 89.1 Å². The highest BCUT2D eigenvalue weighted by atomic mass is 28.4. The van der Waals surface area contributed by atoms with Crippen molar-refractivity contribution in [3.8, 4) is 0 Å². The summed E-state index contributed by atoms with van der Waals surface area (Å²) in [6.45, 7) is 16.9. The Labute approximate surface area is 204 Å².